The van der Waals surface area contributed by atoms with E-state index in [0.29, 0.717) is 0 Å². The Morgan fingerprint density at radius 1 is 0.882 bits per heavy atom. The molecule has 0 aliphatic carbocycles. The smallest absolute Gasteiger partial charge is 0.174 e. The summed E-state index contributed by atoms with van der Waals surface area (Å²) in [6, 6.07) is 10.2. The lowest BCUT2D eigenvalue weighted by molar-refractivity contribution is -0.180. The maximum atomic E-state index is 5.81. The van der Waals surface area contributed by atoms with Gasteiger partial charge in [-0.05, 0) is 33.3 Å². The quantitative estimate of drug-likeness (QED) is 0.576. The molecular formula is C14H21BrO2. The molecule has 0 aliphatic rings. The zero-order valence-electron chi connectivity index (χ0n) is 10.9. The third-order valence-corrected chi connectivity index (χ3v) is 3.13. The van der Waals surface area contributed by atoms with E-state index in [1.165, 1.54) is 5.56 Å². The first-order chi connectivity index (χ1) is 8.00. The maximum absolute atomic E-state index is 5.81. The standard InChI is InChI=1S/C14H21BrO2/c1-10(2)16-14(17-11(3)4)13(15)12-8-6-5-7-9-12/h5-11,13-14H,1-4H3. The fourth-order valence-electron chi connectivity index (χ4n) is 1.50. The van der Waals surface area contributed by atoms with Crippen molar-refractivity contribution in [2.75, 3.05) is 0 Å². The van der Waals surface area contributed by atoms with Gasteiger partial charge in [-0.1, -0.05) is 46.3 Å². The van der Waals surface area contributed by atoms with Crippen LogP contribution in [0.15, 0.2) is 30.3 Å². The SMILES string of the molecule is CC(C)OC(OC(C)C)C(Br)c1ccccc1. The molecule has 1 rings (SSSR count). The van der Waals surface area contributed by atoms with Gasteiger partial charge in [0.15, 0.2) is 6.29 Å². The largest absolute Gasteiger partial charge is 0.348 e. The highest BCUT2D eigenvalue weighted by atomic mass is 79.9. The van der Waals surface area contributed by atoms with Crippen molar-refractivity contribution in [3.8, 4) is 0 Å². The summed E-state index contributed by atoms with van der Waals surface area (Å²) in [5.74, 6) is 0. The van der Waals surface area contributed by atoms with Crippen LogP contribution in [0.2, 0.25) is 0 Å². The lowest BCUT2D eigenvalue weighted by Gasteiger charge is -2.27. The topological polar surface area (TPSA) is 18.5 Å². The van der Waals surface area contributed by atoms with Gasteiger partial charge in [0.05, 0.1) is 17.0 Å². The summed E-state index contributed by atoms with van der Waals surface area (Å²) in [6.07, 6.45) is 0.0161. The van der Waals surface area contributed by atoms with Crippen LogP contribution in [0.5, 0.6) is 0 Å². The van der Waals surface area contributed by atoms with Gasteiger partial charge in [-0.3, -0.25) is 0 Å². The molecule has 0 bridgehead atoms. The van der Waals surface area contributed by atoms with E-state index in [0.717, 1.165) is 0 Å². The van der Waals surface area contributed by atoms with Crippen molar-refractivity contribution < 1.29 is 9.47 Å². The molecule has 3 heteroatoms. The van der Waals surface area contributed by atoms with Gasteiger partial charge in [0.2, 0.25) is 0 Å². The minimum Gasteiger partial charge on any atom is -0.348 e. The van der Waals surface area contributed by atoms with Crippen molar-refractivity contribution in [3.63, 3.8) is 0 Å². The number of alkyl halides is 1. The molecule has 2 nitrogen and oxygen atoms in total. The predicted octanol–water partition coefficient (Wildman–Crippen LogP) is 4.30. The van der Waals surface area contributed by atoms with E-state index in [1.54, 1.807) is 0 Å². The number of rotatable bonds is 6. The Labute approximate surface area is 112 Å². The van der Waals surface area contributed by atoms with Crippen LogP contribution < -0.4 is 0 Å². The first-order valence-corrected chi connectivity index (χ1v) is 6.92. The Kier molecular flexibility index (Phi) is 6.17. The fraction of sp³-hybridized carbons (Fsp3) is 0.571. The highest BCUT2D eigenvalue weighted by Gasteiger charge is 2.24. The summed E-state index contributed by atoms with van der Waals surface area (Å²) in [5, 5.41) is 0. The second-order valence-electron chi connectivity index (χ2n) is 4.55. The molecule has 1 aromatic rings. The molecule has 0 saturated carbocycles. The van der Waals surface area contributed by atoms with Crippen LogP contribution in [0.25, 0.3) is 0 Å². The van der Waals surface area contributed by atoms with Gasteiger partial charge in [0.1, 0.15) is 0 Å². The zero-order valence-corrected chi connectivity index (χ0v) is 12.5. The molecule has 1 atom stereocenters. The molecule has 17 heavy (non-hydrogen) atoms. The lowest BCUT2D eigenvalue weighted by atomic mass is 10.1. The van der Waals surface area contributed by atoms with Gasteiger partial charge >= 0.3 is 0 Å². The molecule has 0 fully saturated rings. The molecule has 0 N–H and O–H groups in total. The molecule has 0 saturated heterocycles. The molecule has 0 aliphatic heterocycles. The molecule has 0 amide bonds. The Bertz CT molecular complexity index is 301. The predicted molar refractivity (Wildman–Crippen MR) is 74.3 cm³/mol. The van der Waals surface area contributed by atoms with Gasteiger partial charge in [0, 0.05) is 0 Å². The minimum atomic E-state index is -0.266. The van der Waals surface area contributed by atoms with Crippen molar-refractivity contribution in [3.05, 3.63) is 35.9 Å². The molecule has 0 aromatic heterocycles. The fourth-order valence-corrected chi connectivity index (χ4v) is 2.05. The Morgan fingerprint density at radius 2 is 1.35 bits per heavy atom. The molecule has 1 aromatic carbocycles. The van der Waals surface area contributed by atoms with Gasteiger partial charge < -0.3 is 9.47 Å². The highest BCUT2D eigenvalue weighted by Crippen LogP contribution is 2.30. The van der Waals surface area contributed by atoms with E-state index in [-0.39, 0.29) is 23.3 Å². The van der Waals surface area contributed by atoms with E-state index in [4.69, 9.17) is 9.47 Å². The summed E-state index contributed by atoms with van der Waals surface area (Å²) < 4.78 is 11.6. The number of benzene rings is 1. The third-order valence-electron chi connectivity index (χ3n) is 2.17. The van der Waals surface area contributed by atoms with Crippen LogP contribution >= 0.6 is 15.9 Å². The van der Waals surface area contributed by atoms with Crippen LogP contribution in [0.4, 0.5) is 0 Å². The zero-order chi connectivity index (χ0) is 12.8. The molecule has 0 spiro atoms. The van der Waals surface area contributed by atoms with Crippen molar-refractivity contribution in [1.29, 1.82) is 0 Å². The number of hydrogen-bond donors (Lipinski definition) is 0. The third kappa shape index (κ3) is 5.19. The summed E-state index contributed by atoms with van der Waals surface area (Å²) in [5.41, 5.74) is 1.17. The first kappa shape index (κ1) is 14.7. The van der Waals surface area contributed by atoms with Crippen LogP contribution in [0, 0.1) is 0 Å². The van der Waals surface area contributed by atoms with Gasteiger partial charge in [-0.2, -0.15) is 0 Å². The van der Waals surface area contributed by atoms with Crippen LogP contribution in [-0.2, 0) is 9.47 Å². The van der Waals surface area contributed by atoms with Crippen molar-refractivity contribution in [1.82, 2.24) is 0 Å². The minimum absolute atomic E-state index is 0.0495. The normalized spacial score (nSPS) is 13.6. The molecule has 0 radical (unpaired) electrons. The first-order valence-electron chi connectivity index (χ1n) is 6.00. The second-order valence-corrected chi connectivity index (χ2v) is 5.54. The van der Waals surface area contributed by atoms with Gasteiger partial charge in [0.25, 0.3) is 0 Å². The average Bonchev–Trinajstić information content (AvgIpc) is 2.27. The van der Waals surface area contributed by atoms with E-state index < -0.39 is 0 Å². The monoisotopic (exact) mass is 300 g/mol. The van der Waals surface area contributed by atoms with Gasteiger partial charge in [-0.25, -0.2) is 0 Å². The summed E-state index contributed by atoms with van der Waals surface area (Å²) in [6.45, 7) is 8.06. The van der Waals surface area contributed by atoms with E-state index >= 15 is 0 Å². The number of hydrogen-bond acceptors (Lipinski definition) is 2. The van der Waals surface area contributed by atoms with Crippen molar-refractivity contribution in [2.24, 2.45) is 0 Å². The molecule has 96 valence electrons. The summed E-state index contributed by atoms with van der Waals surface area (Å²) in [4.78, 5) is 0.0495. The second kappa shape index (κ2) is 7.14. The molecule has 0 heterocycles. The molecular weight excluding hydrogens is 280 g/mol. The Balaban J connectivity index is 2.75. The molecule has 1 unspecified atom stereocenters. The van der Waals surface area contributed by atoms with Crippen molar-refractivity contribution in [2.45, 2.75) is 51.0 Å². The van der Waals surface area contributed by atoms with Crippen LogP contribution in [-0.4, -0.2) is 18.5 Å². The lowest BCUT2D eigenvalue weighted by Crippen LogP contribution is -2.28. The van der Waals surface area contributed by atoms with E-state index in [9.17, 15) is 0 Å². The van der Waals surface area contributed by atoms with Gasteiger partial charge in [-0.15, -0.1) is 0 Å². The average molecular weight is 301 g/mol. The number of halogens is 1. The van der Waals surface area contributed by atoms with E-state index in [2.05, 4.69) is 28.1 Å². The van der Waals surface area contributed by atoms with Crippen molar-refractivity contribution >= 4 is 15.9 Å². The summed E-state index contributed by atoms with van der Waals surface area (Å²) >= 11 is 3.66. The van der Waals surface area contributed by atoms with E-state index in [1.807, 2.05) is 45.9 Å². The van der Waals surface area contributed by atoms with Crippen LogP contribution in [0.1, 0.15) is 38.1 Å². The Hall–Kier alpha value is -0.380. The summed E-state index contributed by atoms with van der Waals surface area (Å²) in [7, 11) is 0. The highest BCUT2D eigenvalue weighted by molar-refractivity contribution is 9.09. The Morgan fingerprint density at radius 3 is 1.76 bits per heavy atom. The maximum Gasteiger partial charge on any atom is 0.174 e. The van der Waals surface area contributed by atoms with Crippen LogP contribution in [0.3, 0.4) is 0 Å². The number of ether oxygens (including phenoxy) is 2.